The minimum absolute atomic E-state index is 0.333. The molecule has 0 atom stereocenters. The Labute approximate surface area is 102 Å². The summed E-state index contributed by atoms with van der Waals surface area (Å²) < 4.78 is 13.4. The number of pyridine rings is 1. The number of thiazole rings is 1. The molecule has 16 heavy (non-hydrogen) atoms. The number of nitrogens with zero attached hydrogens (tertiary/aromatic N) is 2. The van der Waals surface area contributed by atoms with Crippen molar-refractivity contribution >= 4 is 22.9 Å². The monoisotopic (exact) mass is 256 g/mol. The van der Waals surface area contributed by atoms with Crippen LogP contribution < -0.4 is 0 Å². The fourth-order valence-electron chi connectivity index (χ4n) is 1.34. The highest BCUT2D eigenvalue weighted by Gasteiger charge is 2.09. The van der Waals surface area contributed by atoms with Crippen molar-refractivity contribution in [3.05, 3.63) is 35.4 Å². The molecule has 2 aromatic rings. The molecule has 0 saturated heterocycles. The molecule has 0 aliphatic carbocycles. The first kappa shape index (κ1) is 11.5. The Morgan fingerprint density at radius 3 is 3.06 bits per heavy atom. The molecule has 2 nitrogen and oxygen atoms in total. The smallest absolute Gasteiger partial charge is 0.151 e. The van der Waals surface area contributed by atoms with Crippen molar-refractivity contribution in [3.8, 4) is 10.6 Å². The summed E-state index contributed by atoms with van der Waals surface area (Å²) in [6, 6.07) is 1.64. The third kappa shape index (κ3) is 2.57. The quantitative estimate of drug-likeness (QED) is 0.783. The molecular formula is C11H10ClFN2S. The molecule has 2 heterocycles. The molecule has 0 aliphatic rings. The predicted octanol–water partition coefficient (Wildman–Crippen LogP) is 3.52. The van der Waals surface area contributed by atoms with E-state index in [9.17, 15) is 4.39 Å². The molecule has 2 rings (SSSR count). The van der Waals surface area contributed by atoms with Crippen molar-refractivity contribution < 1.29 is 4.39 Å². The maximum atomic E-state index is 13.4. The van der Waals surface area contributed by atoms with Gasteiger partial charge in [-0.25, -0.2) is 9.37 Å². The summed E-state index contributed by atoms with van der Waals surface area (Å²) in [5.41, 5.74) is 1.48. The van der Waals surface area contributed by atoms with Gasteiger partial charge in [0.15, 0.2) is 5.82 Å². The van der Waals surface area contributed by atoms with E-state index >= 15 is 0 Å². The molecule has 0 fully saturated rings. The van der Waals surface area contributed by atoms with Crippen LogP contribution in [0.3, 0.4) is 0 Å². The van der Waals surface area contributed by atoms with E-state index < -0.39 is 0 Å². The van der Waals surface area contributed by atoms with Gasteiger partial charge in [-0.05, 0) is 18.9 Å². The zero-order valence-corrected chi connectivity index (χ0v) is 10.1. The number of hydrogen-bond acceptors (Lipinski definition) is 3. The number of aromatic nitrogens is 2. The van der Waals surface area contributed by atoms with E-state index in [1.807, 2.05) is 5.38 Å². The van der Waals surface area contributed by atoms with E-state index in [2.05, 4.69) is 9.97 Å². The predicted molar refractivity (Wildman–Crippen MR) is 64.3 cm³/mol. The van der Waals surface area contributed by atoms with Gasteiger partial charge in [0.25, 0.3) is 0 Å². The minimum atomic E-state index is -0.333. The van der Waals surface area contributed by atoms with Gasteiger partial charge in [-0.1, -0.05) is 0 Å². The van der Waals surface area contributed by atoms with E-state index in [0.717, 1.165) is 18.5 Å². The Morgan fingerprint density at radius 1 is 1.44 bits per heavy atom. The van der Waals surface area contributed by atoms with Crippen molar-refractivity contribution in [3.63, 3.8) is 0 Å². The van der Waals surface area contributed by atoms with E-state index in [0.29, 0.717) is 16.5 Å². The lowest BCUT2D eigenvalue weighted by molar-refractivity contribution is 0.625. The Balaban J connectivity index is 2.22. The molecule has 0 bridgehead atoms. The molecule has 2 aromatic heterocycles. The van der Waals surface area contributed by atoms with Crippen molar-refractivity contribution in [2.75, 3.05) is 5.88 Å². The van der Waals surface area contributed by atoms with Crippen molar-refractivity contribution in [2.45, 2.75) is 12.8 Å². The van der Waals surface area contributed by atoms with E-state index in [1.54, 1.807) is 12.3 Å². The van der Waals surface area contributed by atoms with Crippen molar-refractivity contribution in [1.29, 1.82) is 0 Å². The molecule has 0 spiro atoms. The molecule has 0 radical (unpaired) electrons. The van der Waals surface area contributed by atoms with Crippen LogP contribution in [0.4, 0.5) is 4.39 Å². The largest absolute Gasteiger partial charge is 0.262 e. The van der Waals surface area contributed by atoms with Gasteiger partial charge in [-0.15, -0.1) is 22.9 Å². The van der Waals surface area contributed by atoms with Gasteiger partial charge >= 0.3 is 0 Å². The number of rotatable bonds is 4. The van der Waals surface area contributed by atoms with Gasteiger partial charge < -0.3 is 0 Å². The Hall–Kier alpha value is -1.000. The standard InChI is InChI=1S/C11H10ClFN2S/c12-4-1-2-8-7-16-11(15-8)9-3-5-14-6-10(9)13/h3,5-7H,1-2,4H2. The lowest BCUT2D eigenvalue weighted by Gasteiger charge is -1.96. The summed E-state index contributed by atoms with van der Waals surface area (Å²) in [6.45, 7) is 0. The second kappa shape index (κ2) is 5.37. The topological polar surface area (TPSA) is 25.8 Å². The van der Waals surface area contributed by atoms with Gasteiger partial charge in [0.1, 0.15) is 5.01 Å². The molecule has 5 heteroatoms. The van der Waals surface area contributed by atoms with Crippen LogP contribution in [0.2, 0.25) is 0 Å². The maximum Gasteiger partial charge on any atom is 0.151 e. The summed E-state index contributed by atoms with van der Waals surface area (Å²) in [5.74, 6) is 0.289. The summed E-state index contributed by atoms with van der Waals surface area (Å²) >= 11 is 7.05. The highest BCUT2D eigenvalue weighted by atomic mass is 35.5. The number of alkyl halides is 1. The highest BCUT2D eigenvalue weighted by molar-refractivity contribution is 7.13. The summed E-state index contributed by atoms with van der Waals surface area (Å²) in [4.78, 5) is 8.08. The lowest BCUT2D eigenvalue weighted by atomic mass is 10.2. The van der Waals surface area contributed by atoms with Gasteiger partial charge in [0.2, 0.25) is 0 Å². The van der Waals surface area contributed by atoms with Crippen LogP contribution in [0, 0.1) is 5.82 Å². The van der Waals surface area contributed by atoms with Crippen LogP contribution in [0.15, 0.2) is 23.8 Å². The average molecular weight is 257 g/mol. The summed E-state index contributed by atoms with van der Waals surface area (Å²) in [5, 5.41) is 2.64. The zero-order chi connectivity index (χ0) is 11.4. The van der Waals surface area contributed by atoms with E-state index in [4.69, 9.17) is 11.6 Å². The Kier molecular flexibility index (Phi) is 3.85. The summed E-state index contributed by atoms with van der Waals surface area (Å²) in [6.07, 6.45) is 4.50. The van der Waals surface area contributed by atoms with Gasteiger partial charge in [0, 0.05) is 23.0 Å². The van der Waals surface area contributed by atoms with Crippen LogP contribution in [0.5, 0.6) is 0 Å². The number of halogens is 2. The molecule has 0 N–H and O–H groups in total. The van der Waals surface area contributed by atoms with E-state index in [-0.39, 0.29) is 5.82 Å². The maximum absolute atomic E-state index is 13.4. The first-order valence-electron chi connectivity index (χ1n) is 4.91. The minimum Gasteiger partial charge on any atom is -0.262 e. The zero-order valence-electron chi connectivity index (χ0n) is 8.49. The lowest BCUT2D eigenvalue weighted by Crippen LogP contribution is -1.88. The fourth-order valence-corrected chi connectivity index (χ4v) is 2.36. The van der Waals surface area contributed by atoms with E-state index in [1.165, 1.54) is 17.5 Å². The molecule has 0 aromatic carbocycles. The Bertz CT molecular complexity index is 473. The van der Waals surface area contributed by atoms with Gasteiger partial charge in [0.05, 0.1) is 11.9 Å². The van der Waals surface area contributed by atoms with Gasteiger partial charge in [-0.3, -0.25) is 4.98 Å². The molecule has 0 saturated carbocycles. The van der Waals surface area contributed by atoms with Gasteiger partial charge in [-0.2, -0.15) is 0 Å². The second-order valence-corrected chi connectivity index (χ2v) is 4.53. The third-order valence-corrected chi connectivity index (χ3v) is 3.31. The molecule has 0 amide bonds. The molecule has 0 aliphatic heterocycles. The second-order valence-electron chi connectivity index (χ2n) is 3.29. The number of hydrogen-bond donors (Lipinski definition) is 0. The van der Waals surface area contributed by atoms with Crippen LogP contribution in [-0.4, -0.2) is 15.8 Å². The van der Waals surface area contributed by atoms with Crippen LogP contribution >= 0.6 is 22.9 Å². The van der Waals surface area contributed by atoms with Crippen molar-refractivity contribution in [1.82, 2.24) is 9.97 Å². The first-order valence-corrected chi connectivity index (χ1v) is 6.33. The molecule has 84 valence electrons. The van der Waals surface area contributed by atoms with Crippen LogP contribution in [-0.2, 0) is 6.42 Å². The number of aryl methyl sites for hydroxylation is 1. The first-order chi connectivity index (χ1) is 7.81. The Morgan fingerprint density at radius 2 is 2.31 bits per heavy atom. The van der Waals surface area contributed by atoms with Crippen LogP contribution in [0.1, 0.15) is 12.1 Å². The highest BCUT2D eigenvalue weighted by Crippen LogP contribution is 2.25. The molecule has 0 unspecified atom stereocenters. The van der Waals surface area contributed by atoms with Crippen molar-refractivity contribution in [2.24, 2.45) is 0 Å². The SMILES string of the molecule is Fc1cnccc1-c1nc(CCCCl)cs1. The van der Waals surface area contributed by atoms with Crippen LogP contribution in [0.25, 0.3) is 10.6 Å². The fraction of sp³-hybridized carbons (Fsp3) is 0.273. The average Bonchev–Trinajstić information content (AvgIpc) is 2.75. The summed E-state index contributed by atoms with van der Waals surface area (Å²) in [7, 11) is 0. The molecular weight excluding hydrogens is 247 g/mol. The third-order valence-electron chi connectivity index (χ3n) is 2.12. The normalized spacial score (nSPS) is 10.6.